The second kappa shape index (κ2) is 18.0. The first kappa shape index (κ1) is 24.2. The summed E-state index contributed by atoms with van der Waals surface area (Å²) in [5.74, 6) is 0.443. The van der Waals surface area contributed by atoms with Crippen molar-refractivity contribution in [3.8, 4) is 0 Å². The molecule has 0 fully saturated rings. The summed E-state index contributed by atoms with van der Waals surface area (Å²) in [6.45, 7) is 6.74. The topological polar surface area (TPSA) is 37.3 Å². The lowest BCUT2D eigenvalue weighted by Crippen LogP contribution is -1.91. The summed E-state index contributed by atoms with van der Waals surface area (Å²) in [5, 5.41) is 8.54. The summed E-state index contributed by atoms with van der Waals surface area (Å²) >= 11 is 0. The molecule has 2 heteroatoms. The first-order valence-corrected chi connectivity index (χ1v) is 10.1. The number of hydrogen-bond donors (Lipinski definition) is 1. The molecule has 0 amide bonds. The maximum Gasteiger partial charge on any atom is 0.303 e. The predicted molar refractivity (Wildman–Crippen MR) is 114 cm³/mol. The number of allylic oxidation sites excluding steroid dienone is 10. The molecule has 0 bridgehead atoms. The van der Waals surface area contributed by atoms with Gasteiger partial charge in [-0.25, -0.2) is 0 Å². The fourth-order valence-corrected chi connectivity index (χ4v) is 2.43. The van der Waals surface area contributed by atoms with E-state index < -0.39 is 5.97 Å². The van der Waals surface area contributed by atoms with Crippen LogP contribution in [-0.4, -0.2) is 11.1 Å². The van der Waals surface area contributed by atoms with Crippen molar-refractivity contribution < 1.29 is 9.90 Å². The molecule has 0 aromatic heterocycles. The first-order chi connectivity index (χ1) is 12.6. The minimum atomic E-state index is -0.739. The van der Waals surface area contributed by atoms with Crippen LogP contribution in [0.4, 0.5) is 0 Å². The van der Waals surface area contributed by atoms with E-state index in [4.69, 9.17) is 5.11 Å². The van der Waals surface area contributed by atoms with Gasteiger partial charge in [-0.2, -0.15) is 0 Å². The normalized spacial score (nSPS) is 15.2. The van der Waals surface area contributed by atoms with Gasteiger partial charge in [0.05, 0.1) is 0 Å². The highest BCUT2D eigenvalue weighted by Gasteiger charge is 1.95. The van der Waals surface area contributed by atoms with Crippen LogP contribution in [0.25, 0.3) is 0 Å². The molecule has 2 nitrogen and oxygen atoms in total. The molecule has 26 heavy (non-hydrogen) atoms. The van der Waals surface area contributed by atoms with Crippen molar-refractivity contribution in [1.82, 2.24) is 0 Å². The van der Waals surface area contributed by atoms with Crippen LogP contribution in [0.2, 0.25) is 0 Å². The molecule has 0 heterocycles. The van der Waals surface area contributed by atoms with Gasteiger partial charge in [0.15, 0.2) is 0 Å². The molecule has 0 radical (unpaired) electrons. The molecule has 0 aliphatic heterocycles. The van der Waals surface area contributed by atoms with Crippen molar-refractivity contribution in [2.75, 3.05) is 0 Å². The zero-order valence-corrected chi connectivity index (χ0v) is 16.9. The highest BCUT2D eigenvalue weighted by molar-refractivity contribution is 5.66. The van der Waals surface area contributed by atoms with Gasteiger partial charge in [-0.15, -0.1) is 0 Å². The highest BCUT2D eigenvalue weighted by atomic mass is 16.4. The van der Waals surface area contributed by atoms with Crippen molar-refractivity contribution >= 4 is 5.97 Å². The summed E-state index contributed by atoms with van der Waals surface area (Å²) in [6.07, 6.45) is 29.2. The van der Waals surface area contributed by atoms with Crippen LogP contribution in [0.3, 0.4) is 0 Å². The molecule has 0 spiro atoms. The van der Waals surface area contributed by atoms with Crippen LogP contribution in [0.15, 0.2) is 60.8 Å². The lowest BCUT2D eigenvalue weighted by atomic mass is 10.0. The fraction of sp³-hybridized carbons (Fsp3) is 0.542. The molecule has 0 aliphatic carbocycles. The molecular weight excluding hydrogens is 320 g/mol. The van der Waals surface area contributed by atoms with E-state index in [9.17, 15) is 4.79 Å². The van der Waals surface area contributed by atoms with Crippen molar-refractivity contribution in [1.29, 1.82) is 0 Å². The monoisotopic (exact) mass is 358 g/mol. The molecule has 0 aromatic rings. The zero-order chi connectivity index (χ0) is 19.5. The zero-order valence-electron chi connectivity index (χ0n) is 16.9. The molecular formula is C24H38O2. The van der Waals surface area contributed by atoms with Crippen LogP contribution in [0.1, 0.15) is 72.1 Å². The van der Waals surface area contributed by atoms with Crippen molar-refractivity contribution in [2.45, 2.75) is 72.1 Å². The maximum absolute atomic E-state index is 10.4. The van der Waals surface area contributed by atoms with Crippen LogP contribution in [0.5, 0.6) is 0 Å². The van der Waals surface area contributed by atoms with Gasteiger partial charge in [-0.1, -0.05) is 101 Å². The Morgan fingerprint density at radius 2 is 1.54 bits per heavy atom. The Labute approximate surface area is 161 Å². The fourth-order valence-electron chi connectivity index (χ4n) is 2.43. The quantitative estimate of drug-likeness (QED) is 0.190. The standard InChI is InChI=1S/C24H38O2/c1-4-5-12-17-22(2)19-14-10-11-15-20-23(3)18-13-8-6-7-9-16-21-24(25)26/h7-11,13-15,19-20,22-23H,4-6,12,16-18,21H2,1-3H3,(H,25,26)/b9-7-,11-10-,13-8-,19-14+,20-15-. The van der Waals surface area contributed by atoms with Crippen molar-refractivity contribution in [2.24, 2.45) is 11.8 Å². The van der Waals surface area contributed by atoms with E-state index in [-0.39, 0.29) is 6.42 Å². The van der Waals surface area contributed by atoms with Gasteiger partial charge in [0.25, 0.3) is 0 Å². The Morgan fingerprint density at radius 1 is 0.885 bits per heavy atom. The van der Waals surface area contributed by atoms with E-state index >= 15 is 0 Å². The second-order valence-electron chi connectivity index (χ2n) is 6.95. The van der Waals surface area contributed by atoms with Crippen molar-refractivity contribution in [3.63, 3.8) is 0 Å². The van der Waals surface area contributed by atoms with E-state index in [2.05, 4.69) is 69.4 Å². The summed E-state index contributed by atoms with van der Waals surface area (Å²) in [5.41, 5.74) is 0. The Hall–Kier alpha value is -1.83. The first-order valence-electron chi connectivity index (χ1n) is 10.1. The summed E-state index contributed by atoms with van der Waals surface area (Å²) in [6, 6.07) is 0. The molecule has 2 atom stereocenters. The third-order valence-corrected chi connectivity index (χ3v) is 4.11. The van der Waals surface area contributed by atoms with Gasteiger partial charge in [-0.05, 0) is 37.5 Å². The molecule has 1 N–H and O–H groups in total. The minimum Gasteiger partial charge on any atom is -0.481 e. The average molecular weight is 359 g/mol. The predicted octanol–water partition coefficient (Wildman–Crippen LogP) is 7.26. The van der Waals surface area contributed by atoms with Crippen LogP contribution >= 0.6 is 0 Å². The molecule has 0 aromatic carbocycles. The largest absolute Gasteiger partial charge is 0.481 e. The third-order valence-electron chi connectivity index (χ3n) is 4.11. The average Bonchev–Trinajstić information content (AvgIpc) is 2.60. The summed E-state index contributed by atoms with van der Waals surface area (Å²) < 4.78 is 0. The smallest absolute Gasteiger partial charge is 0.303 e. The number of carboxylic acid groups (broad SMARTS) is 1. The molecule has 2 unspecified atom stereocenters. The van der Waals surface area contributed by atoms with Gasteiger partial charge in [-0.3, -0.25) is 4.79 Å². The number of rotatable bonds is 15. The molecule has 0 saturated heterocycles. The molecule has 146 valence electrons. The van der Waals surface area contributed by atoms with E-state index in [1.54, 1.807) is 0 Å². The maximum atomic E-state index is 10.4. The van der Waals surface area contributed by atoms with E-state index in [1.165, 1.54) is 25.7 Å². The lowest BCUT2D eigenvalue weighted by Gasteiger charge is -2.03. The van der Waals surface area contributed by atoms with E-state index in [0.29, 0.717) is 18.3 Å². The van der Waals surface area contributed by atoms with E-state index in [1.807, 2.05) is 12.2 Å². The Kier molecular flexibility index (Phi) is 16.7. The van der Waals surface area contributed by atoms with Crippen molar-refractivity contribution in [3.05, 3.63) is 60.8 Å². The second-order valence-corrected chi connectivity index (χ2v) is 6.95. The molecule has 0 aliphatic rings. The third kappa shape index (κ3) is 18.5. The molecule has 0 saturated carbocycles. The SMILES string of the molecule is CCCCCC(C)/C=C/C=C\C=C/C(C)C/C=C\C/C=C\CCC(=O)O. The Morgan fingerprint density at radius 3 is 2.19 bits per heavy atom. The number of hydrogen-bond acceptors (Lipinski definition) is 1. The van der Waals surface area contributed by atoms with Crippen LogP contribution < -0.4 is 0 Å². The van der Waals surface area contributed by atoms with Gasteiger partial charge in [0, 0.05) is 6.42 Å². The Balaban J connectivity index is 3.82. The molecule has 0 rings (SSSR count). The summed E-state index contributed by atoms with van der Waals surface area (Å²) in [7, 11) is 0. The van der Waals surface area contributed by atoms with Gasteiger partial charge in [0.1, 0.15) is 0 Å². The van der Waals surface area contributed by atoms with E-state index in [0.717, 1.165) is 12.8 Å². The Bertz CT molecular complexity index is 480. The number of carbonyl (C=O) groups is 1. The van der Waals surface area contributed by atoms with Gasteiger partial charge in [0.2, 0.25) is 0 Å². The van der Waals surface area contributed by atoms with Gasteiger partial charge >= 0.3 is 5.97 Å². The summed E-state index contributed by atoms with van der Waals surface area (Å²) in [4.78, 5) is 10.4. The number of unbranched alkanes of at least 4 members (excludes halogenated alkanes) is 2. The van der Waals surface area contributed by atoms with Crippen LogP contribution in [0, 0.1) is 11.8 Å². The highest BCUT2D eigenvalue weighted by Crippen LogP contribution is 2.10. The number of carboxylic acids is 1. The minimum absolute atomic E-state index is 0.211. The number of aliphatic carboxylic acids is 1. The van der Waals surface area contributed by atoms with Gasteiger partial charge < -0.3 is 5.11 Å². The lowest BCUT2D eigenvalue weighted by molar-refractivity contribution is -0.136. The van der Waals surface area contributed by atoms with Crippen LogP contribution in [-0.2, 0) is 4.79 Å².